The highest BCUT2D eigenvalue weighted by atomic mass is 16.5. The van der Waals surface area contributed by atoms with E-state index in [9.17, 15) is 0 Å². The molecule has 1 saturated heterocycles. The molecular weight excluding hydrogens is 262 g/mol. The molecule has 4 nitrogen and oxygen atoms in total. The van der Waals surface area contributed by atoms with Gasteiger partial charge in [-0.05, 0) is 48.8 Å². The van der Waals surface area contributed by atoms with E-state index >= 15 is 0 Å². The molecule has 2 unspecified atom stereocenters. The van der Waals surface area contributed by atoms with Crippen molar-refractivity contribution in [1.82, 2.24) is 10.3 Å². The average Bonchev–Trinajstić information content (AvgIpc) is 3.05. The van der Waals surface area contributed by atoms with E-state index in [-0.39, 0.29) is 0 Å². The van der Waals surface area contributed by atoms with Gasteiger partial charge in [-0.25, -0.2) is 4.98 Å². The molecule has 1 aliphatic carbocycles. The number of nitrogens with one attached hydrogen (secondary N) is 1. The summed E-state index contributed by atoms with van der Waals surface area (Å²) in [5, 5.41) is 3.37. The smallest absolute Gasteiger partial charge is 0.131 e. The lowest BCUT2D eigenvalue weighted by Gasteiger charge is -2.21. The van der Waals surface area contributed by atoms with Gasteiger partial charge in [-0.2, -0.15) is 0 Å². The fourth-order valence-electron chi connectivity index (χ4n) is 3.87. The van der Waals surface area contributed by atoms with Crippen LogP contribution in [-0.2, 0) is 11.3 Å². The number of anilines is 1. The van der Waals surface area contributed by atoms with E-state index in [1.165, 1.54) is 49.3 Å². The maximum Gasteiger partial charge on any atom is 0.131 e. The van der Waals surface area contributed by atoms with E-state index in [1.54, 1.807) is 7.11 Å². The van der Waals surface area contributed by atoms with E-state index in [2.05, 4.69) is 23.2 Å². The van der Waals surface area contributed by atoms with Gasteiger partial charge in [0.2, 0.25) is 0 Å². The Labute approximate surface area is 127 Å². The van der Waals surface area contributed by atoms with Crippen LogP contribution < -0.4 is 10.2 Å². The average molecular weight is 289 g/mol. The van der Waals surface area contributed by atoms with Gasteiger partial charge in [-0.15, -0.1) is 0 Å². The van der Waals surface area contributed by atoms with Crippen molar-refractivity contribution in [1.29, 1.82) is 0 Å². The van der Waals surface area contributed by atoms with Gasteiger partial charge < -0.3 is 15.0 Å². The molecule has 0 radical (unpaired) electrons. The van der Waals surface area contributed by atoms with Crippen LogP contribution in [0.4, 0.5) is 5.82 Å². The second-order valence-electron chi connectivity index (χ2n) is 6.51. The van der Waals surface area contributed by atoms with Crippen LogP contribution in [0.3, 0.4) is 0 Å². The maximum atomic E-state index is 5.04. The van der Waals surface area contributed by atoms with E-state index < -0.39 is 0 Å². The van der Waals surface area contributed by atoms with Gasteiger partial charge in [0.1, 0.15) is 5.82 Å². The summed E-state index contributed by atoms with van der Waals surface area (Å²) in [6.45, 7) is 7.11. The zero-order valence-electron chi connectivity index (χ0n) is 13.3. The first-order valence-corrected chi connectivity index (χ1v) is 8.18. The molecule has 1 aromatic heterocycles. The van der Waals surface area contributed by atoms with Crippen molar-refractivity contribution in [2.75, 3.05) is 38.3 Å². The second-order valence-corrected chi connectivity index (χ2v) is 6.51. The summed E-state index contributed by atoms with van der Waals surface area (Å²) in [4.78, 5) is 7.25. The maximum absolute atomic E-state index is 5.04. The molecule has 21 heavy (non-hydrogen) atoms. The number of ether oxygens (including phenoxy) is 1. The number of hydrogen-bond acceptors (Lipinski definition) is 4. The summed E-state index contributed by atoms with van der Waals surface area (Å²) in [7, 11) is 1.73. The van der Waals surface area contributed by atoms with Crippen molar-refractivity contribution in [2.24, 2.45) is 11.8 Å². The van der Waals surface area contributed by atoms with E-state index in [4.69, 9.17) is 9.72 Å². The van der Waals surface area contributed by atoms with E-state index in [0.29, 0.717) is 0 Å². The minimum absolute atomic E-state index is 0.751. The molecule has 0 bridgehead atoms. The standard InChI is InChI=1S/C17H27N3O/c1-13-8-14(9-18-6-7-21-2)10-19-17(13)20-11-15-4-3-5-16(15)12-20/h8,10,15-16,18H,3-7,9,11-12H2,1-2H3. The summed E-state index contributed by atoms with van der Waals surface area (Å²) in [6.07, 6.45) is 6.29. The summed E-state index contributed by atoms with van der Waals surface area (Å²) < 4.78 is 5.04. The summed E-state index contributed by atoms with van der Waals surface area (Å²) in [6, 6.07) is 2.27. The highest BCUT2D eigenvalue weighted by molar-refractivity contribution is 5.48. The second kappa shape index (κ2) is 6.75. The Morgan fingerprint density at radius 3 is 2.76 bits per heavy atom. The first-order valence-electron chi connectivity index (χ1n) is 8.18. The minimum atomic E-state index is 0.751. The first-order chi connectivity index (χ1) is 10.3. The van der Waals surface area contributed by atoms with Gasteiger partial charge in [-0.3, -0.25) is 0 Å². The fourth-order valence-corrected chi connectivity index (χ4v) is 3.87. The number of aryl methyl sites for hydroxylation is 1. The van der Waals surface area contributed by atoms with Gasteiger partial charge >= 0.3 is 0 Å². The van der Waals surface area contributed by atoms with E-state index in [1.807, 2.05) is 6.20 Å². The first kappa shape index (κ1) is 14.8. The van der Waals surface area contributed by atoms with Crippen LogP contribution in [0.15, 0.2) is 12.3 Å². The molecule has 4 heteroatoms. The van der Waals surface area contributed by atoms with Gasteiger partial charge in [0.05, 0.1) is 6.61 Å². The SMILES string of the molecule is COCCNCc1cnc(N2CC3CCCC3C2)c(C)c1. The lowest BCUT2D eigenvalue weighted by Crippen LogP contribution is -2.23. The monoisotopic (exact) mass is 289 g/mol. The fraction of sp³-hybridized carbons (Fsp3) is 0.706. The van der Waals surface area contributed by atoms with Crippen molar-refractivity contribution in [3.8, 4) is 0 Å². The van der Waals surface area contributed by atoms with Crippen molar-refractivity contribution in [3.05, 3.63) is 23.4 Å². The highest BCUT2D eigenvalue weighted by Crippen LogP contribution is 2.39. The molecule has 2 atom stereocenters. The molecule has 1 aliphatic heterocycles. The van der Waals surface area contributed by atoms with Gasteiger partial charge in [0.25, 0.3) is 0 Å². The third kappa shape index (κ3) is 3.38. The molecule has 0 amide bonds. The van der Waals surface area contributed by atoms with Crippen LogP contribution in [0.2, 0.25) is 0 Å². The summed E-state index contributed by atoms with van der Waals surface area (Å²) >= 11 is 0. The van der Waals surface area contributed by atoms with E-state index in [0.717, 1.165) is 31.5 Å². The normalized spacial score (nSPS) is 24.6. The highest BCUT2D eigenvalue weighted by Gasteiger charge is 2.36. The predicted octanol–water partition coefficient (Wildman–Crippen LogP) is 2.36. The molecule has 3 rings (SSSR count). The Balaban J connectivity index is 1.59. The molecule has 116 valence electrons. The van der Waals surface area contributed by atoms with Crippen LogP contribution in [0.5, 0.6) is 0 Å². The quantitative estimate of drug-likeness (QED) is 0.816. The lowest BCUT2D eigenvalue weighted by molar-refractivity contribution is 0.199. The largest absolute Gasteiger partial charge is 0.383 e. The molecule has 2 fully saturated rings. The zero-order valence-corrected chi connectivity index (χ0v) is 13.3. The number of methoxy groups -OCH3 is 1. The minimum Gasteiger partial charge on any atom is -0.383 e. The molecule has 2 heterocycles. The predicted molar refractivity (Wildman–Crippen MR) is 85.6 cm³/mol. The van der Waals surface area contributed by atoms with Crippen LogP contribution in [0.25, 0.3) is 0 Å². The Bertz CT molecular complexity index is 465. The molecule has 0 aromatic carbocycles. The molecule has 0 spiro atoms. The molecule has 2 aliphatic rings. The van der Waals surface area contributed by atoms with Gasteiger partial charge in [0, 0.05) is 39.5 Å². The van der Waals surface area contributed by atoms with Crippen LogP contribution >= 0.6 is 0 Å². The third-order valence-electron chi connectivity index (χ3n) is 4.95. The third-order valence-corrected chi connectivity index (χ3v) is 4.95. The number of hydrogen-bond donors (Lipinski definition) is 1. The Kier molecular flexibility index (Phi) is 4.76. The number of rotatable bonds is 6. The lowest BCUT2D eigenvalue weighted by atomic mass is 10.0. The molecule has 1 aromatic rings. The Morgan fingerprint density at radius 1 is 1.33 bits per heavy atom. The van der Waals surface area contributed by atoms with Crippen molar-refractivity contribution >= 4 is 5.82 Å². The van der Waals surface area contributed by atoms with Gasteiger partial charge in [0.15, 0.2) is 0 Å². The van der Waals surface area contributed by atoms with Crippen molar-refractivity contribution in [3.63, 3.8) is 0 Å². The van der Waals surface area contributed by atoms with Crippen molar-refractivity contribution < 1.29 is 4.74 Å². The van der Waals surface area contributed by atoms with Gasteiger partial charge in [-0.1, -0.05) is 6.42 Å². The Morgan fingerprint density at radius 2 is 2.10 bits per heavy atom. The number of fused-ring (bicyclic) bond motifs is 1. The van der Waals surface area contributed by atoms with Crippen LogP contribution in [-0.4, -0.2) is 38.3 Å². The topological polar surface area (TPSA) is 37.4 Å². The number of aromatic nitrogens is 1. The van der Waals surface area contributed by atoms with Crippen molar-refractivity contribution in [2.45, 2.75) is 32.7 Å². The molecule has 1 saturated carbocycles. The number of pyridine rings is 1. The molecular formula is C17H27N3O. The van der Waals surface area contributed by atoms with Crippen LogP contribution in [0.1, 0.15) is 30.4 Å². The Hall–Kier alpha value is -1.13. The number of nitrogens with zero attached hydrogens (tertiary/aromatic N) is 2. The summed E-state index contributed by atoms with van der Waals surface area (Å²) in [5.74, 6) is 3.04. The zero-order chi connectivity index (χ0) is 14.7. The molecule has 1 N–H and O–H groups in total. The van der Waals surface area contributed by atoms with Crippen LogP contribution in [0, 0.1) is 18.8 Å². The summed E-state index contributed by atoms with van der Waals surface area (Å²) in [5.41, 5.74) is 2.56.